The molecule has 29 heavy (non-hydrogen) atoms. The van der Waals surface area contributed by atoms with Crippen LogP contribution in [-0.2, 0) is 0 Å². The third kappa shape index (κ3) is 4.23. The number of hydrogen-bond acceptors (Lipinski definition) is 7. The number of nitrogens with two attached hydrogens (primary N) is 1. The average Bonchev–Trinajstić information content (AvgIpc) is 2.75. The van der Waals surface area contributed by atoms with Gasteiger partial charge in [0.25, 0.3) is 5.91 Å². The molecule has 144 valence electrons. The van der Waals surface area contributed by atoms with Crippen molar-refractivity contribution in [2.24, 2.45) is 0 Å². The smallest absolute Gasteiger partial charge is 0.269 e. The fraction of sp³-hybridized carbons (Fsp3) is 0. The van der Waals surface area contributed by atoms with Crippen molar-refractivity contribution >= 4 is 51.7 Å². The van der Waals surface area contributed by atoms with Crippen LogP contribution in [0.5, 0.6) is 0 Å². The number of aromatic nitrogens is 3. The Morgan fingerprint density at radius 2 is 1.79 bits per heavy atom. The number of nitrogen functional groups attached to an aromatic ring is 1. The standard InChI is InChI=1S/C20H15ClN6OS/c21-14-8-6-13(7-9-14)19(28)27-26-18-16(22)20(25-11-24-18)29-15-5-1-3-12-4-2-10-23-17(12)15/h1-11H,22H2,(H,27,28)(H,24,25,26). The lowest BCUT2D eigenvalue weighted by Gasteiger charge is -2.12. The fourth-order valence-corrected chi connectivity index (χ4v) is 3.67. The number of carbonyl (C=O) groups is 1. The second kappa shape index (κ2) is 8.34. The molecule has 4 rings (SSSR count). The van der Waals surface area contributed by atoms with E-state index in [0.717, 1.165) is 15.8 Å². The number of hydrazine groups is 1. The Hall–Kier alpha value is -3.36. The summed E-state index contributed by atoms with van der Waals surface area (Å²) in [6, 6.07) is 16.3. The summed E-state index contributed by atoms with van der Waals surface area (Å²) in [7, 11) is 0. The third-order valence-corrected chi connectivity index (χ3v) is 5.37. The first-order valence-electron chi connectivity index (χ1n) is 8.56. The summed E-state index contributed by atoms with van der Waals surface area (Å²) < 4.78 is 0. The van der Waals surface area contributed by atoms with E-state index in [1.54, 1.807) is 30.5 Å². The number of halogens is 1. The van der Waals surface area contributed by atoms with E-state index in [4.69, 9.17) is 17.3 Å². The summed E-state index contributed by atoms with van der Waals surface area (Å²) >= 11 is 7.23. The van der Waals surface area contributed by atoms with Crippen LogP contribution in [0.15, 0.2) is 77.0 Å². The third-order valence-electron chi connectivity index (χ3n) is 4.05. The van der Waals surface area contributed by atoms with Crippen LogP contribution in [0.3, 0.4) is 0 Å². The summed E-state index contributed by atoms with van der Waals surface area (Å²) in [6.07, 6.45) is 3.13. The largest absolute Gasteiger partial charge is 0.393 e. The van der Waals surface area contributed by atoms with E-state index in [1.165, 1.54) is 18.1 Å². The Kier molecular flexibility index (Phi) is 5.46. The number of benzene rings is 2. The highest BCUT2D eigenvalue weighted by Gasteiger charge is 2.13. The maximum absolute atomic E-state index is 12.2. The molecule has 0 aliphatic rings. The summed E-state index contributed by atoms with van der Waals surface area (Å²) in [5, 5.41) is 2.14. The molecule has 0 fully saturated rings. The van der Waals surface area contributed by atoms with Gasteiger partial charge in [-0.3, -0.25) is 20.6 Å². The van der Waals surface area contributed by atoms with E-state index < -0.39 is 0 Å². The minimum absolute atomic E-state index is 0.304. The van der Waals surface area contributed by atoms with Crippen molar-refractivity contribution in [3.8, 4) is 0 Å². The van der Waals surface area contributed by atoms with Gasteiger partial charge >= 0.3 is 0 Å². The van der Waals surface area contributed by atoms with E-state index in [0.29, 0.717) is 27.1 Å². The van der Waals surface area contributed by atoms with Gasteiger partial charge in [-0.05, 0) is 36.4 Å². The molecule has 7 nitrogen and oxygen atoms in total. The van der Waals surface area contributed by atoms with Gasteiger partial charge in [0, 0.05) is 27.1 Å². The van der Waals surface area contributed by atoms with Crippen molar-refractivity contribution in [1.82, 2.24) is 20.4 Å². The van der Waals surface area contributed by atoms with Gasteiger partial charge in [-0.25, -0.2) is 9.97 Å². The van der Waals surface area contributed by atoms with Crippen molar-refractivity contribution in [2.45, 2.75) is 9.92 Å². The molecule has 0 atom stereocenters. The normalized spacial score (nSPS) is 10.7. The number of anilines is 2. The number of pyridine rings is 1. The van der Waals surface area contributed by atoms with Gasteiger partial charge in [0.15, 0.2) is 5.82 Å². The van der Waals surface area contributed by atoms with Crippen LogP contribution < -0.4 is 16.6 Å². The quantitative estimate of drug-likeness (QED) is 0.327. The van der Waals surface area contributed by atoms with Crippen molar-refractivity contribution in [3.63, 3.8) is 0 Å². The predicted octanol–water partition coefficient (Wildman–Crippen LogP) is 4.17. The molecule has 0 unspecified atom stereocenters. The van der Waals surface area contributed by atoms with Gasteiger partial charge in [-0.1, -0.05) is 41.6 Å². The Labute approximate surface area is 175 Å². The first kappa shape index (κ1) is 19.0. The van der Waals surface area contributed by atoms with E-state index >= 15 is 0 Å². The van der Waals surface area contributed by atoms with E-state index in [2.05, 4.69) is 25.8 Å². The number of nitrogens with one attached hydrogen (secondary N) is 2. The Morgan fingerprint density at radius 3 is 2.62 bits per heavy atom. The molecule has 0 bridgehead atoms. The number of rotatable bonds is 5. The molecule has 0 radical (unpaired) electrons. The highest BCUT2D eigenvalue weighted by Crippen LogP contribution is 2.35. The average molecular weight is 423 g/mol. The van der Waals surface area contributed by atoms with Crippen LogP contribution in [0, 0.1) is 0 Å². The highest BCUT2D eigenvalue weighted by atomic mass is 35.5. The molecule has 0 aliphatic carbocycles. The van der Waals surface area contributed by atoms with Gasteiger partial charge in [0.1, 0.15) is 17.0 Å². The fourth-order valence-electron chi connectivity index (χ4n) is 2.61. The van der Waals surface area contributed by atoms with Gasteiger partial charge in [0.2, 0.25) is 0 Å². The molecule has 2 aromatic heterocycles. The van der Waals surface area contributed by atoms with Crippen LogP contribution >= 0.6 is 23.4 Å². The predicted molar refractivity (Wildman–Crippen MR) is 115 cm³/mol. The summed E-state index contributed by atoms with van der Waals surface area (Å²) in [5.41, 5.74) is 13.2. The molecule has 1 amide bonds. The van der Waals surface area contributed by atoms with Gasteiger partial charge in [-0.15, -0.1) is 0 Å². The molecule has 0 saturated carbocycles. The minimum Gasteiger partial charge on any atom is -0.393 e. The number of carbonyl (C=O) groups excluding carboxylic acids is 1. The molecule has 0 saturated heterocycles. The summed E-state index contributed by atoms with van der Waals surface area (Å²) in [4.78, 5) is 26.0. The van der Waals surface area contributed by atoms with Crippen LogP contribution in [0.25, 0.3) is 10.9 Å². The molecule has 0 aliphatic heterocycles. The lowest BCUT2D eigenvalue weighted by atomic mass is 10.2. The van der Waals surface area contributed by atoms with Crippen molar-refractivity contribution in [2.75, 3.05) is 11.2 Å². The van der Waals surface area contributed by atoms with E-state index in [-0.39, 0.29) is 5.91 Å². The van der Waals surface area contributed by atoms with Crippen LogP contribution in [0.4, 0.5) is 11.5 Å². The van der Waals surface area contributed by atoms with Crippen LogP contribution in [-0.4, -0.2) is 20.9 Å². The van der Waals surface area contributed by atoms with Gasteiger partial charge in [0.05, 0.1) is 5.52 Å². The molecular formula is C20H15ClN6OS. The number of hydrogen-bond donors (Lipinski definition) is 3. The summed E-state index contributed by atoms with van der Waals surface area (Å²) in [5.74, 6) is -0.0369. The van der Waals surface area contributed by atoms with Crippen LogP contribution in [0.1, 0.15) is 10.4 Å². The van der Waals surface area contributed by atoms with Gasteiger partial charge < -0.3 is 5.73 Å². The molecule has 4 N–H and O–H groups in total. The van der Waals surface area contributed by atoms with Crippen molar-refractivity contribution < 1.29 is 4.79 Å². The highest BCUT2D eigenvalue weighted by molar-refractivity contribution is 7.99. The molecule has 2 heterocycles. The maximum Gasteiger partial charge on any atom is 0.269 e. The Morgan fingerprint density at radius 1 is 1.00 bits per heavy atom. The number of nitrogens with zero attached hydrogens (tertiary/aromatic N) is 3. The lowest BCUT2D eigenvalue weighted by molar-refractivity contribution is 0.0962. The maximum atomic E-state index is 12.2. The van der Waals surface area contributed by atoms with Crippen molar-refractivity contribution in [3.05, 3.63) is 77.7 Å². The summed E-state index contributed by atoms with van der Waals surface area (Å²) in [6.45, 7) is 0. The SMILES string of the molecule is Nc1c(NNC(=O)c2ccc(Cl)cc2)ncnc1Sc1cccc2cccnc12. The first-order valence-corrected chi connectivity index (χ1v) is 9.75. The van der Waals surface area contributed by atoms with Gasteiger partial charge in [-0.2, -0.15) is 0 Å². The molecular weight excluding hydrogens is 408 g/mol. The molecule has 4 aromatic rings. The lowest BCUT2D eigenvalue weighted by Crippen LogP contribution is -2.30. The molecule has 0 spiro atoms. The zero-order valence-electron chi connectivity index (χ0n) is 15.0. The minimum atomic E-state index is -0.341. The topological polar surface area (TPSA) is 106 Å². The zero-order valence-corrected chi connectivity index (χ0v) is 16.5. The van der Waals surface area contributed by atoms with E-state index in [9.17, 15) is 4.79 Å². The molecule has 2 aromatic carbocycles. The Bertz CT molecular complexity index is 1180. The number of amides is 1. The number of para-hydroxylation sites is 1. The second-order valence-electron chi connectivity index (χ2n) is 5.96. The van der Waals surface area contributed by atoms with Crippen LogP contribution in [0.2, 0.25) is 5.02 Å². The second-order valence-corrected chi connectivity index (χ2v) is 7.43. The molecule has 9 heteroatoms. The Balaban J connectivity index is 1.53. The monoisotopic (exact) mass is 422 g/mol. The zero-order chi connectivity index (χ0) is 20.2. The van der Waals surface area contributed by atoms with E-state index in [1.807, 2.05) is 30.3 Å². The van der Waals surface area contributed by atoms with Crippen molar-refractivity contribution in [1.29, 1.82) is 0 Å². The first-order chi connectivity index (χ1) is 14.1. The number of fused-ring (bicyclic) bond motifs is 1.